The average Bonchev–Trinajstić information content (AvgIpc) is 2.61. The molecule has 0 bridgehead atoms. The van der Waals surface area contributed by atoms with Crippen molar-refractivity contribution < 1.29 is 14.3 Å². The molecule has 0 fully saturated rings. The molecule has 23 heavy (non-hydrogen) atoms. The quantitative estimate of drug-likeness (QED) is 0.840. The van der Waals surface area contributed by atoms with Crippen molar-refractivity contribution in [1.29, 1.82) is 0 Å². The predicted molar refractivity (Wildman–Crippen MR) is 91.6 cm³/mol. The summed E-state index contributed by atoms with van der Waals surface area (Å²) in [6.45, 7) is 4.22. The molecule has 2 aromatic rings. The highest BCUT2D eigenvalue weighted by Crippen LogP contribution is 2.20. The molecule has 0 aromatic heterocycles. The number of carbonyl (C=O) groups excluding carboxylic acids is 1. The number of rotatable bonds is 7. The number of anilines is 1. The first-order valence-electron chi connectivity index (χ1n) is 7.71. The van der Waals surface area contributed by atoms with E-state index in [1.807, 2.05) is 61.5 Å². The average molecular weight is 313 g/mol. The molecule has 1 amide bonds. The lowest BCUT2D eigenvalue weighted by atomic mass is 10.0. The lowest BCUT2D eigenvalue weighted by Gasteiger charge is -2.25. The van der Waals surface area contributed by atoms with E-state index in [0.29, 0.717) is 13.0 Å². The van der Waals surface area contributed by atoms with Gasteiger partial charge in [0.1, 0.15) is 18.0 Å². The van der Waals surface area contributed by atoms with Crippen molar-refractivity contribution in [2.24, 2.45) is 0 Å². The first-order valence-corrected chi connectivity index (χ1v) is 7.71. The van der Waals surface area contributed by atoms with Gasteiger partial charge in [0.15, 0.2) is 0 Å². The molecule has 1 N–H and O–H groups in total. The number of nitrogens with one attached hydrogen (secondary N) is 1. The Morgan fingerprint density at radius 2 is 1.74 bits per heavy atom. The molecule has 2 aromatic carbocycles. The Hall–Kier alpha value is -2.33. The van der Waals surface area contributed by atoms with Gasteiger partial charge in [-0.15, -0.1) is 0 Å². The minimum absolute atomic E-state index is 0.152. The molecule has 0 aliphatic heterocycles. The predicted octanol–water partition coefficient (Wildman–Crippen LogP) is 4.02. The van der Waals surface area contributed by atoms with Gasteiger partial charge in [0, 0.05) is 12.8 Å². The summed E-state index contributed by atoms with van der Waals surface area (Å²) >= 11 is 0. The van der Waals surface area contributed by atoms with E-state index < -0.39 is 5.60 Å². The number of benzene rings is 2. The molecule has 0 aliphatic rings. The van der Waals surface area contributed by atoms with Crippen LogP contribution in [0.3, 0.4) is 0 Å². The third-order valence-corrected chi connectivity index (χ3v) is 3.97. The van der Waals surface area contributed by atoms with Gasteiger partial charge in [0.05, 0.1) is 0 Å². The second kappa shape index (κ2) is 7.79. The summed E-state index contributed by atoms with van der Waals surface area (Å²) in [6.07, 6.45) is 0.605. The first-order chi connectivity index (χ1) is 11.1. The summed E-state index contributed by atoms with van der Waals surface area (Å²) in [7, 11) is 1.55. The second-order valence-corrected chi connectivity index (χ2v) is 5.54. The fourth-order valence-electron chi connectivity index (χ4n) is 2.04. The summed E-state index contributed by atoms with van der Waals surface area (Å²) in [5.41, 5.74) is 1.02. The smallest absolute Gasteiger partial charge is 0.256 e. The van der Waals surface area contributed by atoms with Gasteiger partial charge in [-0.25, -0.2) is 0 Å². The van der Waals surface area contributed by atoms with Gasteiger partial charge >= 0.3 is 0 Å². The molecule has 1 unspecified atom stereocenters. The van der Waals surface area contributed by atoms with E-state index in [9.17, 15) is 4.79 Å². The maximum absolute atomic E-state index is 12.2. The normalized spacial score (nSPS) is 13.2. The number of hydrogen-bond acceptors (Lipinski definition) is 3. The third-order valence-electron chi connectivity index (χ3n) is 3.97. The van der Waals surface area contributed by atoms with Crippen molar-refractivity contribution in [3.63, 3.8) is 0 Å². The van der Waals surface area contributed by atoms with Gasteiger partial charge in [0.2, 0.25) is 0 Å². The maximum Gasteiger partial charge on any atom is 0.256 e. The molecule has 0 heterocycles. The van der Waals surface area contributed by atoms with Crippen LogP contribution in [0.5, 0.6) is 5.75 Å². The molecule has 0 radical (unpaired) electrons. The van der Waals surface area contributed by atoms with E-state index in [1.54, 1.807) is 14.0 Å². The molecular weight excluding hydrogens is 290 g/mol. The van der Waals surface area contributed by atoms with Crippen molar-refractivity contribution in [3.8, 4) is 5.75 Å². The Kier molecular flexibility index (Phi) is 5.77. The highest BCUT2D eigenvalue weighted by atomic mass is 16.5. The summed E-state index contributed by atoms with van der Waals surface area (Å²) in [4.78, 5) is 12.2. The lowest BCUT2D eigenvalue weighted by molar-refractivity contribution is -0.136. The zero-order chi connectivity index (χ0) is 16.7. The zero-order valence-electron chi connectivity index (χ0n) is 13.8. The van der Waals surface area contributed by atoms with Crippen molar-refractivity contribution in [3.05, 3.63) is 60.2 Å². The summed E-state index contributed by atoms with van der Waals surface area (Å²) in [5.74, 6) is 0.609. The Labute approximate surface area is 137 Å². The van der Waals surface area contributed by atoms with E-state index in [-0.39, 0.29) is 5.91 Å². The summed E-state index contributed by atoms with van der Waals surface area (Å²) in [5, 5.41) is 2.87. The van der Waals surface area contributed by atoms with E-state index in [1.165, 1.54) is 0 Å². The van der Waals surface area contributed by atoms with Crippen LogP contribution < -0.4 is 10.1 Å². The standard InChI is InChI=1S/C19H23NO3/c1-4-19(2,22-3)18(21)20-16-10-12-17(13-11-16)23-14-15-8-6-5-7-9-15/h5-13H,4,14H2,1-3H3,(H,20,21). The van der Waals surface area contributed by atoms with Crippen LogP contribution in [0.15, 0.2) is 54.6 Å². The van der Waals surface area contributed by atoms with E-state index >= 15 is 0 Å². The van der Waals surface area contributed by atoms with Crippen molar-refractivity contribution in [2.75, 3.05) is 12.4 Å². The van der Waals surface area contributed by atoms with Crippen LogP contribution in [0.25, 0.3) is 0 Å². The monoisotopic (exact) mass is 313 g/mol. The van der Waals surface area contributed by atoms with Crippen LogP contribution in [-0.4, -0.2) is 18.6 Å². The molecule has 4 heteroatoms. The molecule has 0 saturated heterocycles. The van der Waals surface area contributed by atoms with Crippen LogP contribution in [0.1, 0.15) is 25.8 Å². The number of methoxy groups -OCH3 is 1. The van der Waals surface area contributed by atoms with Gasteiger partial charge in [-0.3, -0.25) is 4.79 Å². The summed E-state index contributed by atoms with van der Waals surface area (Å²) < 4.78 is 11.0. The van der Waals surface area contributed by atoms with E-state index in [0.717, 1.165) is 17.0 Å². The van der Waals surface area contributed by atoms with E-state index in [2.05, 4.69) is 5.32 Å². The van der Waals surface area contributed by atoms with Crippen molar-refractivity contribution >= 4 is 11.6 Å². The minimum Gasteiger partial charge on any atom is -0.489 e. The molecule has 0 aliphatic carbocycles. The van der Waals surface area contributed by atoms with Crippen LogP contribution >= 0.6 is 0 Å². The largest absolute Gasteiger partial charge is 0.489 e. The SMILES string of the molecule is CCC(C)(OC)C(=O)Nc1ccc(OCc2ccccc2)cc1. The number of ether oxygens (including phenoxy) is 2. The second-order valence-electron chi connectivity index (χ2n) is 5.54. The van der Waals surface area contributed by atoms with Crippen LogP contribution in [0, 0.1) is 0 Å². The third kappa shape index (κ3) is 4.57. The van der Waals surface area contributed by atoms with Gasteiger partial charge in [0.25, 0.3) is 5.91 Å². The van der Waals surface area contributed by atoms with Crippen LogP contribution in [0.2, 0.25) is 0 Å². The van der Waals surface area contributed by atoms with Crippen LogP contribution in [0.4, 0.5) is 5.69 Å². The Morgan fingerprint density at radius 1 is 1.09 bits per heavy atom. The molecule has 122 valence electrons. The molecule has 2 rings (SSSR count). The maximum atomic E-state index is 12.2. The Bertz CT molecular complexity index is 619. The van der Waals surface area contributed by atoms with Crippen molar-refractivity contribution in [1.82, 2.24) is 0 Å². The minimum atomic E-state index is -0.817. The number of amides is 1. The van der Waals surface area contributed by atoms with Gasteiger partial charge in [-0.05, 0) is 43.2 Å². The molecule has 0 spiro atoms. The highest BCUT2D eigenvalue weighted by molar-refractivity contribution is 5.97. The zero-order valence-corrected chi connectivity index (χ0v) is 13.8. The lowest BCUT2D eigenvalue weighted by Crippen LogP contribution is -2.41. The highest BCUT2D eigenvalue weighted by Gasteiger charge is 2.30. The summed E-state index contributed by atoms with van der Waals surface area (Å²) in [6, 6.07) is 17.3. The van der Waals surface area contributed by atoms with Crippen molar-refractivity contribution in [2.45, 2.75) is 32.5 Å². The van der Waals surface area contributed by atoms with Crippen LogP contribution in [-0.2, 0) is 16.1 Å². The molecular formula is C19H23NO3. The van der Waals surface area contributed by atoms with Gasteiger partial charge in [-0.1, -0.05) is 37.3 Å². The Morgan fingerprint density at radius 3 is 2.30 bits per heavy atom. The molecule has 0 saturated carbocycles. The van der Waals surface area contributed by atoms with Gasteiger partial charge < -0.3 is 14.8 Å². The molecule has 4 nitrogen and oxygen atoms in total. The van der Waals surface area contributed by atoms with E-state index in [4.69, 9.17) is 9.47 Å². The molecule has 1 atom stereocenters. The first kappa shape index (κ1) is 17.0. The fourth-order valence-corrected chi connectivity index (χ4v) is 2.04. The number of carbonyl (C=O) groups is 1. The number of hydrogen-bond donors (Lipinski definition) is 1. The Balaban J connectivity index is 1.93. The topological polar surface area (TPSA) is 47.6 Å². The van der Waals surface area contributed by atoms with Gasteiger partial charge in [-0.2, -0.15) is 0 Å². The fraction of sp³-hybridized carbons (Fsp3) is 0.316.